The van der Waals surface area contributed by atoms with E-state index in [0.29, 0.717) is 13.1 Å². The Kier molecular flexibility index (Phi) is 2.07. The van der Waals surface area contributed by atoms with E-state index in [0.717, 1.165) is 11.5 Å². The highest BCUT2D eigenvalue weighted by atomic mass is 32.2. The van der Waals surface area contributed by atoms with Crippen LogP contribution >= 0.6 is 0 Å². The number of nitrogens with zero attached hydrogens (tertiary/aromatic N) is 2. The first-order chi connectivity index (χ1) is 7.66. The Morgan fingerprint density at radius 1 is 1.50 bits per heavy atom. The molecule has 6 heteroatoms. The number of hydrogen-bond acceptors (Lipinski definition) is 5. The monoisotopic (exact) mass is 239 g/mol. The van der Waals surface area contributed by atoms with Crippen molar-refractivity contribution in [3.05, 3.63) is 18.3 Å². The maximum absolute atomic E-state index is 11.5. The Labute approximate surface area is 94.4 Å². The van der Waals surface area contributed by atoms with Crippen molar-refractivity contribution in [1.29, 1.82) is 0 Å². The fraction of sp³-hybridized carbons (Fsp3) is 0.500. The molecule has 3 heterocycles. The van der Waals surface area contributed by atoms with Crippen LogP contribution in [0, 0.1) is 0 Å². The van der Waals surface area contributed by atoms with Gasteiger partial charge in [-0.25, -0.2) is 13.4 Å². The maximum atomic E-state index is 11.5. The van der Waals surface area contributed by atoms with E-state index in [2.05, 4.69) is 15.2 Å². The van der Waals surface area contributed by atoms with Gasteiger partial charge in [0.15, 0.2) is 15.7 Å². The molecular weight excluding hydrogens is 226 g/mol. The minimum Gasteiger partial charge on any atom is -0.380 e. The second-order valence-electron chi connectivity index (χ2n) is 4.22. The minimum absolute atomic E-state index is 0.0288. The summed E-state index contributed by atoms with van der Waals surface area (Å²) in [5.41, 5.74) is 0.998. The standard InChI is InChI=1S/C10H13N3O2S/c14-16(15)5-4-13-8(7-16)6-12-9-2-1-3-11-10(9)13/h1-3,8,12H,4-7H2. The third-order valence-electron chi connectivity index (χ3n) is 3.12. The molecule has 0 radical (unpaired) electrons. The smallest absolute Gasteiger partial charge is 0.154 e. The van der Waals surface area contributed by atoms with Gasteiger partial charge in [-0.1, -0.05) is 0 Å². The van der Waals surface area contributed by atoms with E-state index in [1.807, 2.05) is 12.1 Å². The molecule has 0 saturated carbocycles. The van der Waals surface area contributed by atoms with E-state index in [9.17, 15) is 8.42 Å². The summed E-state index contributed by atoms with van der Waals surface area (Å²) in [6, 6.07) is 3.88. The minimum atomic E-state index is -2.87. The Morgan fingerprint density at radius 2 is 2.38 bits per heavy atom. The lowest BCUT2D eigenvalue weighted by molar-refractivity contribution is 0.557. The van der Waals surface area contributed by atoms with Crippen molar-refractivity contribution in [3.63, 3.8) is 0 Å². The van der Waals surface area contributed by atoms with Crippen LogP contribution < -0.4 is 10.2 Å². The summed E-state index contributed by atoms with van der Waals surface area (Å²) >= 11 is 0. The van der Waals surface area contributed by atoms with Gasteiger partial charge < -0.3 is 10.2 Å². The van der Waals surface area contributed by atoms with E-state index in [4.69, 9.17) is 0 Å². The summed E-state index contributed by atoms with van der Waals surface area (Å²) in [4.78, 5) is 6.42. The van der Waals surface area contributed by atoms with Crippen molar-refractivity contribution in [2.75, 3.05) is 34.8 Å². The van der Waals surface area contributed by atoms with Crippen molar-refractivity contribution < 1.29 is 8.42 Å². The Morgan fingerprint density at radius 3 is 3.25 bits per heavy atom. The van der Waals surface area contributed by atoms with Crippen molar-refractivity contribution in [2.24, 2.45) is 0 Å². The summed E-state index contributed by atoms with van der Waals surface area (Å²) in [5.74, 6) is 1.35. The number of fused-ring (bicyclic) bond motifs is 3. The summed E-state index contributed by atoms with van der Waals surface area (Å²) in [6.45, 7) is 1.23. The summed E-state index contributed by atoms with van der Waals surface area (Å²) in [7, 11) is -2.87. The molecule has 0 aliphatic carbocycles. The Hall–Kier alpha value is -1.30. The lowest BCUT2D eigenvalue weighted by Crippen LogP contribution is -2.54. The molecule has 16 heavy (non-hydrogen) atoms. The van der Waals surface area contributed by atoms with Crippen molar-refractivity contribution >= 4 is 21.3 Å². The molecule has 3 rings (SSSR count). The number of nitrogens with one attached hydrogen (secondary N) is 1. The van der Waals surface area contributed by atoms with Gasteiger partial charge in [-0.05, 0) is 12.1 Å². The predicted octanol–water partition coefficient (Wildman–Crippen LogP) is 0.110. The molecule has 0 spiro atoms. The first-order valence-electron chi connectivity index (χ1n) is 5.32. The lowest BCUT2D eigenvalue weighted by Gasteiger charge is -2.40. The molecule has 5 nitrogen and oxygen atoms in total. The second kappa shape index (κ2) is 3.35. The zero-order valence-corrected chi connectivity index (χ0v) is 9.57. The van der Waals surface area contributed by atoms with Crippen LogP contribution in [0.1, 0.15) is 0 Å². The normalized spacial score (nSPS) is 26.5. The molecule has 0 bridgehead atoms. The first-order valence-corrected chi connectivity index (χ1v) is 7.14. The lowest BCUT2D eigenvalue weighted by atomic mass is 10.2. The molecule has 1 saturated heterocycles. The number of rotatable bonds is 0. The van der Waals surface area contributed by atoms with Crippen molar-refractivity contribution in [1.82, 2.24) is 4.98 Å². The molecule has 86 valence electrons. The van der Waals surface area contributed by atoms with E-state index < -0.39 is 9.84 Å². The van der Waals surface area contributed by atoms with E-state index >= 15 is 0 Å². The number of sulfone groups is 1. The van der Waals surface area contributed by atoms with Gasteiger partial charge in [-0.15, -0.1) is 0 Å². The van der Waals surface area contributed by atoms with Crippen LogP contribution in [0.25, 0.3) is 0 Å². The van der Waals surface area contributed by atoms with Crippen LogP contribution in [0.3, 0.4) is 0 Å². The van der Waals surface area contributed by atoms with Gasteiger partial charge in [0.05, 0.1) is 23.2 Å². The van der Waals surface area contributed by atoms with Crippen LogP contribution in [0.5, 0.6) is 0 Å². The van der Waals surface area contributed by atoms with E-state index in [-0.39, 0.29) is 17.5 Å². The maximum Gasteiger partial charge on any atom is 0.154 e. The largest absolute Gasteiger partial charge is 0.380 e. The molecule has 1 fully saturated rings. The van der Waals surface area contributed by atoms with Gasteiger partial charge in [0, 0.05) is 19.3 Å². The number of anilines is 2. The Balaban J connectivity index is 1.98. The molecule has 0 amide bonds. The third-order valence-corrected chi connectivity index (χ3v) is 4.81. The molecule has 1 atom stereocenters. The highest BCUT2D eigenvalue weighted by Gasteiger charge is 2.35. The predicted molar refractivity (Wildman–Crippen MR) is 62.5 cm³/mol. The molecule has 1 N–H and O–H groups in total. The van der Waals surface area contributed by atoms with Gasteiger partial charge in [0.1, 0.15) is 0 Å². The van der Waals surface area contributed by atoms with Crippen LogP contribution in [-0.4, -0.2) is 44.0 Å². The third kappa shape index (κ3) is 1.53. The quantitative estimate of drug-likeness (QED) is 0.696. The van der Waals surface area contributed by atoms with Crippen LogP contribution in [0.15, 0.2) is 18.3 Å². The summed E-state index contributed by atoms with van der Waals surface area (Å²) in [5, 5.41) is 3.23. The second-order valence-corrected chi connectivity index (χ2v) is 6.45. The van der Waals surface area contributed by atoms with Crippen LogP contribution in [-0.2, 0) is 9.84 Å². The summed E-state index contributed by atoms with van der Waals surface area (Å²) in [6.07, 6.45) is 1.74. The zero-order chi connectivity index (χ0) is 11.2. The summed E-state index contributed by atoms with van der Waals surface area (Å²) < 4.78 is 23.1. The van der Waals surface area contributed by atoms with Crippen molar-refractivity contribution in [3.8, 4) is 0 Å². The average Bonchev–Trinajstić information content (AvgIpc) is 2.27. The molecular formula is C10H13N3O2S. The van der Waals surface area contributed by atoms with Gasteiger partial charge in [-0.2, -0.15) is 0 Å². The fourth-order valence-corrected chi connectivity index (χ4v) is 3.85. The van der Waals surface area contributed by atoms with Gasteiger partial charge >= 0.3 is 0 Å². The SMILES string of the molecule is O=S1(=O)CCN2c3ncccc3NCC2C1. The van der Waals surface area contributed by atoms with E-state index in [1.165, 1.54) is 0 Å². The van der Waals surface area contributed by atoms with Gasteiger partial charge in [0.2, 0.25) is 0 Å². The Bertz CT molecular complexity index is 515. The molecule has 1 aromatic heterocycles. The number of aromatic nitrogens is 1. The molecule has 1 unspecified atom stereocenters. The van der Waals surface area contributed by atoms with Crippen LogP contribution in [0.2, 0.25) is 0 Å². The first kappa shape index (κ1) is 9.89. The highest BCUT2D eigenvalue weighted by molar-refractivity contribution is 7.91. The van der Waals surface area contributed by atoms with E-state index in [1.54, 1.807) is 6.20 Å². The highest BCUT2D eigenvalue weighted by Crippen LogP contribution is 2.30. The van der Waals surface area contributed by atoms with Gasteiger partial charge in [-0.3, -0.25) is 0 Å². The number of hydrogen-bond donors (Lipinski definition) is 1. The zero-order valence-electron chi connectivity index (χ0n) is 8.76. The van der Waals surface area contributed by atoms with Gasteiger partial charge in [0.25, 0.3) is 0 Å². The van der Waals surface area contributed by atoms with Crippen molar-refractivity contribution in [2.45, 2.75) is 6.04 Å². The number of pyridine rings is 1. The van der Waals surface area contributed by atoms with Crippen LogP contribution in [0.4, 0.5) is 11.5 Å². The molecule has 1 aromatic rings. The molecule has 2 aliphatic heterocycles. The average molecular weight is 239 g/mol. The molecule has 0 aromatic carbocycles. The molecule has 2 aliphatic rings. The fourth-order valence-electron chi connectivity index (χ4n) is 2.33. The topological polar surface area (TPSA) is 62.3 Å².